The average Bonchev–Trinajstić information content (AvgIpc) is 2.95. The first-order valence-electron chi connectivity index (χ1n) is 7.02. The third kappa shape index (κ3) is 2.20. The number of para-hydroxylation sites is 1. The molecule has 0 unspecified atom stereocenters. The minimum absolute atomic E-state index is 0.0485. The maximum Gasteiger partial charge on any atom is 0.196 e. The van der Waals surface area contributed by atoms with Crippen molar-refractivity contribution in [2.45, 2.75) is 0 Å². The highest BCUT2D eigenvalue weighted by Gasteiger charge is 2.13. The number of furan rings is 1. The molecule has 0 amide bonds. The van der Waals surface area contributed by atoms with Gasteiger partial charge >= 0.3 is 0 Å². The SMILES string of the molecule is COc1ccc(Nc2ncnc3c2oc2ccccc23)cc1O. The van der Waals surface area contributed by atoms with E-state index >= 15 is 0 Å². The number of hydrogen-bond acceptors (Lipinski definition) is 6. The Morgan fingerprint density at radius 3 is 2.83 bits per heavy atom. The zero-order chi connectivity index (χ0) is 15.8. The Morgan fingerprint density at radius 2 is 2.00 bits per heavy atom. The molecule has 0 atom stereocenters. The molecule has 6 nitrogen and oxygen atoms in total. The van der Waals surface area contributed by atoms with Gasteiger partial charge in [-0.25, -0.2) is 9.97 Å². The number of aromatic hydroxyl groups is 1. The molecule has 0 spiro atoms. The van der Waals surface area contributed by atoms with Crippen molar-refractivity contribution >= 4 is 33.6 Å². The molecule has 6 heteroatoms. The van der Waals surface area contributed by atoms with Gasteiger partial charge in [-0.2, -0.15) is 0 Å². The first-order chi connectivity index (χ1) is 11.3. The smallest absolute Gasteiger partial charge is 0.196 e. The summed E-state index contributed by atoms with van der Waals surface area (Å²) >= 11 is 0. The lowest BCUT2D eigenvalue weighted by molar-refractivity contribution is 0.373. The van der Waals surface area contributed by atoms with Gasteiger partial charge in [0.15, 0.2) is 22.9 Å². The Labute approximate surface area is 131 Å². The predicted octanol–water partition coefficient (Wildman–Crippen LogP) is 3.83. The Balaban J connectivity index is 1.81. The molecule has 0 aliphatic rings. The van der Waals surface area contributed by atoms with E-state index in [1.165, 1.54) is 13.4 Å². The van der Waals surface area contributed by atoms with Crippen molar-refractivity contribution in [2.24, 2.45) is 0 Å². The van der Waals surface area contributed by atoms with Gasteiger partial charge in [0.2, 0.25) is 0 Å². The number of anilines is 2. The van der Waals surface area contributed by atoms with Crippen molar-refractivity contribution in [3.63, 3.8) is 0 Å². The zero-order valence-corrected chi connectivity index (χ0v) is 12.3. The van der Waals surface area contributed by atoms with Crippen LogP contribution in [0.3, 0.4) is 0 Å². The third-order valence-electron chi connectivity index (χ3n) is 3.60. The van der Waals surface area contributed by atoms with E-state index in [4.69, 9.17) is 9.15 Å². The largest absolute Gasteiger partial charge is 0.504 e. The first-order valence-corrected chi connectivity index (χ1v) is 7.02. The number of rotatable bonds is 3. The van der Waals surface area contributed by atoms with Crippen LogP contribution in [0.1, 0.15) is 0 Å². The monoisotopic (exact) mass is 307 g/mol. The third-order valence-corrected chi connectivity index (χ3v) is 3.60. The highest BCUT2D eigenvalue weighted by atomic mass is 16.5. The van der Waals surface area contributed by atoms with Gasteiger partial charge in [-0.1, -0.05) is 12.1 Å². The summed E-state index contributed by atoms with van der Waals surface area (Å²) in [6.45, 7) is 0. The van der Waals surface area contributed by atoms with Crippen LogP contribution in [0.4, 0.5) is 11.5 Å². The normalized spacial score (nSPS) is 11.0. The summed E-state index contributed by atoms with van der Waals surface area (Å²) in [5, 5.41) is 14.0. The van der Waals surface area contributed by atoms with Crippen LogP contribution in [0, 0.1) is 0 Å². The summed E-state index contributed by atoms with van der Waals surface area (Å²) in [6, 6.07) is 12.7. The van der Waals surface area contributed by atoms with E-state index in [1.807, 2.05) is 24.3 Å². The molecule has 0 fully saturated rings. The molecule has 4 rings (SSSR count). The van der Waals surface area contributed by atoms with E-state index in [2.05, 4.69) is 15.3 Å². The van der Waals surface area contributed by atoms with Crippen LogP contribution in [-0.2, 0) is 0 Å². The van der Waals surface area contributed by atoms with Gasteiger partial charge in [0, 0.05) is 17.1 Å². The number of nitrogens with one attached hydrogen (secondary N) is 1. The maximum atomic E-state index is 9.88. The molecule has 2 aromatic heterocycles. The predicted molar refractivity (Wildman–Crippen MR) is 87.3 cm³/mol. The van der Waals surface area contributed by atoms with Gasteiger partial charge in [-0.3, -0.25) is 0 Å². The van der Waals surface area contributed by atoms with E-state index in [0.29, 0.717) is 22.8 Å². The van der Waals surface area contributed by atoms with Crippen LogP contribution >= 0.6 is 0 Å². The maximum absolute atomic E-state index is 9.88. The van der Waals surface area contributed by atoms with Crippen molar-refractivity contribution < 1.29 is 14.3 Å². The minimum Gasteiger partial charge on any atom is -0.504 e. The zero-order valence-electron chi connectivity index (χ0n) is 12.3. The Bertz CT molecular complexity index is 1010. The molecular formula is C17H13N3O3. The summed E-state index contributed by atoms with van der Waals surface area (Å²) in [5.41, 5.74) is 2.74. The van der Waals surface area contributed by atoms with Crippen molar-refractivity contribution in [2.75, 3.05) is 12.4 Å². The lowest BCUT2D eigenvalue weighted by Gasteiger charge is -2.08. The fourth-order valence-electron chi connectivity index (χ4n) is 2.52. The van der Waals surface area contributed by atoms with Crippen molar-refractivity contribution in [1.29, 1.82) is 0 Å². The van der Waals surface area contributed by atoms with E-state index in [1.54, 1.807) is 18.2 Å². The van der Waals surface area contributed by atoms with Gasteiger partial charge in [-0.05, 0) is 24.3 Å². The van der Waals surface area contributed by atoms with Crippen molar-refractivity contribution in [3.8, 4) is 11.5 Å². The van der Waals surface area contributed by atoms with E-state index < -0.39 is 0 Å². The molecule has 2 N–H and O–H groups in total. The Kier molecular flexibility index (Phi) is 3.01. The van der Waals surface area contributed by atoms with Gasteiger partial charge < -0.3 is 19.6 Å². The number of benzene rings is 2. The second-order valence-corrected chi connectivity index (χ2v) is 5.01. The number of phenolic OH excluding ortho intramolecular Hbond substituents is 1. The topological polar surface area (TPSA) is 80.4 Å². The van der Waals surface area contributed by atoms with E-state index in [9.17, 15) is 5.11 Å². The average molecular weight is 307 g/mol. The molecule has 0 saturated carbocycles. The number of phenols is 1. The molecule has 0 aliphatic carbocycles. The number of methoxy groups -OCH3 is 1. The van der Waals surface area contributed by atoms with E-state index in [0.717, 1.165) is 16.5 Å². The lowest BCUT2D eigenvalue weighted by Crippen LogP contribution is -1.95. The fraction of sp³-hybridized carbons (Fsp3) is 0.0588. The molecule has 114 valence electrons. The molecule has 0 aliphatic heterocycles. The van der Waals surface area contributed by atoms with Crippen LogP contribution in [0.2, 0.25) is 0 Å². The minimum atomic E-state index is 0.0485. The van der Waals surface area contributed by atoms with Crippen LogP contribution in [0.25, 0.3) is 22.1 Å². The molecule has 0 bridgehead atoms. The first kappa shape index (κ1) is 13.4. The Morgan fingerprint density at radius 1 is 1.13 bits per heavy atom. The summed E-state index contributed by atoms with van der Waals surface area (Å²) in [6.07, 6.45) is 1.48. The summed E-state index contributed by atoms with van der Waals surface area (Å²) in [5.74, 6) is 0.996. The molecular weight excluding hydrogens is 294 g/mol. The van der Waals surface area contributed by atoms with Gasteiger partial charge in [0.1, 0.15) is 17.4 Å². The molecule has 4 aromatic rings. The van der Waals surface area contributed by atoms with Crippen molar-refractivity contribution in [1.82, 2.24) is 9.97 Å². The highest BCUT2D eigenvalue weighted by molar-refractivity contribution is 6.05. The summed E-state index contributed by atoms with van der Waals surface area (Å²) in [7, 11) is 1.50. The summed E-state index contributed by atoms with van der Waals surface area (Å²) < 4.78 is 10.9. The van der Waals surface area contributed by atoms with Gasteiger partial charge in [0.05, 0.1) is 7.11 Å². The molecule has 0 radical (unpaired) electrons. The number of nitrogens with zero attached hydrogens (tertiary/aromatic N) is 2. The van der Waals surface area contributed by atoms with Crippen LogP contribution in [-0.4, -0.2) is 22.2 Å². The quantitative estimate of drug-likeness (QED) is 0.598. The number of hydrogen-bond donors (Lipinski definition) is 2. The second-order valence-electron chi connectivity index (χ2n) is 5.01. The highest BCUT2D eigenvalue weighted by Crippen LogP contribution is 2.34. The Hall–Kier alpha value is -3.28. The second kappa shape index (κ2) is 5.17. The standard InChI is InChI=1S/C17H13N3O3/c1-22-14-7-6-10(8-12(14)21)20-17-16-15(18-9-19-17)11-4-2-3-5-13(11)23-16/h2-9,21H,1H3,(H,18,19,20). The molecule has 2 heterocycles. The van der Waals surface area contributed by atoms with Gasteiger partial charge in [0.25, 0.3) is 0 Å². The van der Waals surface area contributed by atoms with Crippen molar-refractivity contribution in [3.05, 3.63) is 48.8 Å². The number of aromatic nitrogens is 2. The van der Waals surface area contributed by atoms with Crippen LogP contribution < -0.4 is 10.1 Å². The van der Waals surface area contributed by atoms with Crippen LogP contribution in [0.15, 0.2) is 53.2 Å². The lowest BCUT2D eigenvalue weighted by atomic mass is 10.2. The fourth-order valence-corrected chi connectivity index (χ4v) is 2.52. The number of fused-ring (bicyclic) bond motifs is 3. The van der Waals surface area contributed by atoms with Crippen LogP contribution in [0.5, 0.6) is 11.5 Å². The molecule has 2 aromatic carbocycles. The summed E-state index contributed by atoms with van der Waals surface area (Å²) in [4.78, 5) is 8.54. The molecule has 23 heavy (non-hydrogen) atoms. The van der Waals surface area contributed by atoms with E-state index in [-0.39, 0.29) is 5.75 Å². The van der Waals surface area contributed by atoms with Gasteiger partial charge in [-0.15, -0.1) is 0 Å². The molecule has 0 saturated heterocycles. The number of ether oxygens (including phenoxy) is 1.